The third-order valence-electron chi connectivity index (χ3n) is 1.43. The molecule has 0 aromatic carbocycles. The summed E-state index contributed by atoms with van der Waals surface area (Å²) in [4.78, 5) is 3.84. The molecule has 1 atom stereocenters. The first-order valence-corrected chi connectivity index (χ1v) is 4.32. The normalized spacial score (nSPS) is 11.6. The molecule has 0 aliphatic heterocycles. The largest absolute Gasteiger partial charge is 1.00 e. The predicted octanol–water partition coefficient (Wildman–Crippen LogP) is -2.36. The molecule has 0 bridgehead atoms. The molecule has 66 valence electrons. The predicted molar refractivity (Wildman–Crippen MR) is 42.7 cm³/mol. The van der Waals surface area contributed by atoms with Crippen LogP contribution in [0.2, 0.25) is 0 Å². The minimum atomic E-state index is -2.29. The molecule has 1 unspecified atom stereocenters. The fourth-order valence-corrected chi connectivity index (χ4v) is 1.45. The molecule has 4 nitrogen and oxygen atoms in total. The molecule has 1 heterocycles. The van der Waals surface area contributed by atoms with Gasteiger partial charge < -0.3 is 9.29 Å². The van der Waals surface area contributed by atoms with Crippen LogP contribution in [0, 0.1) is 6.92 Å². The molecule has 0 N–H and O–H groups in total. The molecule has 0 radical (unpaired) electrons. The van der Waals surface area contributed by atoms with E-state index in [0.717, 1.165) is 0 Å². The standard InChI is InChI=1S/C7H9NO3S.Li/c1-5-3-8-4-6(12(9)10)7(5)11-2;/h3-4H,1-2H3,(H,9,10);/q;+1/p-1. The van der Waals surface area contributed by atoms with Crippen LogP contribution in [0.1, 0.15) is 5.56 Å². The number of aryl methyl sites for hydroxylation is 1. The van der Waals surface area contributed by atoms with E-state index < -0.39 is 11.1 Å². The first kappa shape index (κ1) is 12.7. The van der Waals surface area contributed by atoms with Crippen molar-refractivity contribution in [1.29, 1.82) is 0 Å². The quantitative estimate of drug-likeness (QED) is 0.389. The summed E-state index contributed by atoms with van der Waals surface area (Å²) in [5.41, 5.74) is 0.708. The van der Waals surface area contributed by atoms with Crippen molar-refractivity contribution in [3.8, 4) is 5.75 Å². The third-order valence-corrected chi connectivity index (χ3v) is 2.08. The van der Waals surface area contributed by atoms with Crippen LogP contribution in [-0.4, -0.2) is 20.9 Å². The van der Waals surface area contributed by atoms with Gasteiger partial charge in [-0.05, 0) is 18.0 Å². The van der Waals surface area contributed by atoms with Gasteiger partial charge in [0, 0.05) is 18.0 Å². The zero-order valence-electron chi connectivity index (χ0n) is 7.73. The van der Waals surface area contributed by atoms with Gasteiger partial charge in [0.05, 0.1) is 12.0 Å². The van der Waals surface area contributed by atoms with E-state index in [-0.39, 0.29) is 23.8 Å². The first-order chi connectivity index (χ1) is 5.66. The van der Waals surface area contributed by atoms with E-state index in [9.17, 15) is 8.76 Å². The van der Waals surface area contributed by atoms with Crippen molar-refractivity contribution in [2.45, 2.75) is 11.8 Å². The van der Waals surface area contributed by atoms with Gasteiger partial charge in [-0.15, -0.1) is 0 Å². The van der Waals surface area contributed by atoms with Gasteiger partial charge in [0.1, 0.15) is 5.75 Å². The number of hydrogen-bond donors (Lipinski definition) is 0. The molecular weight excluding hydrogens is 185 g/mol. The number of aromatic nitrogens is 1. The van der Waals surface area contributed by atoms with Crippen LogP contribution in [0.15, 0.2) is 17.3 Å². The summed E-state index contributed by atoms with van der Waals surface area (Å²) in [5.74, 6) is 0.360. The Labute approximate surface area is 91.2 Å². The van der Waals surface area contributed by atoms with Crippen molar-refractivity contribution in [2.24, 2.45) is 0 Å². The SMILES string of the molecule is COc1c(C)cncc1S(=O)[O-].[Li+]. The van der Waals surface area contributed by atoms with Crippen LogP contribution < -0.4 is 23.6 Å². The van der Waals surface area contributed by atoms with E-state index in [1.807, 2.05) is 0 Å². The Balaban J connectivity index is 0.00000144. The molecule has 0 aliphatic rings. The molecule has 6 heteroatoms. The fraction of sp³-hybridized carbons (Fsp3) is 0.286. The van der Waals surface area contributed by atoms with Crippen LogP contribution in [0.3, 0.4) is 0 Å². The zero-order chi connectivity index (χ0) is 9.14. The Hall–Kier alpha value is -0.343. The second kappa shape index (κ2) is 5.40. The monoisotopic (exact) mass is 193 g/mol. The van der Waals surface area contributed by atoms with Crippen LogP contribution in [0.4, 0.5) is 0 Å². The molecule has 0 saturated heterocycles. The average Bonchev–Trinajstić information content (AvgIpc) is 2.03. The van der Waals surface area contributed by atoms with Crippen molar-refractivity contribution >= 4 is 11.1 Å². The van der Waals surface area contributed by atoms with Crippen LogP contribution in [0.5, 0.6) is 5.75 Å². The Bertz CT molecular complexity index is 319. The van der Waals surface area contributed by atoms with E-state index in [1.54, 1.807) is 13.1 Å². The summed E-state index contributed by atoms with van der Waals surface area (Å²) >= 11 is -2.29. The molecule has 0 fully saturated rings. The maximum Gasteiger partial charge on any atom is 1.00 e. The molecule has 0 aliphatic carbocycles. The molecule has 0 amide bonds. The molecule has 0 spiro atoms. The third kappa shape index (κ3) is 2.81. The minimum Gasteiger partial charge on any atom is -0.768 e. The second-order valence-electron chi connectivity index (χ2n) is 2.22. The van der Waals surface area contributed by atoms with Gasteiger partial charge in [-0.1, -0.05) is 0 Å². The Morgan fingerprint density at radius 3 is 2.54 bits per heavy atom. The second-order valence-corrected chi connectivity index (χ2v) is 3.13. The Morgan fingerprint density at radius 1 is 1.54 bits per heavy atom. The van der Waals surface area contributed by atoms with Crippen molar-refractivity contribution in [3.05, 3.63) is 18.0 Å². The number of rotatable bonds is 2. The minimum absolute atomic E-state index is 0. The Morgan fingerprint density at radius 2 is 2.15 bits per heavy atom. The van der Waals surface area contributed by atoms with Crippen molar-refractivity contribution in [2.75, 3.05) is 7.11 Å². The van der Waals surface area contributed by atoms with Gasteiger partial charge in [-0.2, -0.15) is 0 Å². The molecule has 13 heavy (non-hydrogen) atoms. The number of hydrogen-bond acceptors (Lipinski definition) is 4. The van der Waals surface area contributed by atoms with E-state index in [0.29, 0.717) is 11.3 Å². The van der Waals surface area contributed by atoms with Crippen LogP contribution >= 0.6 is 0 Å². The van der Waals surface area contributed by atoms with Gasteiger partial charge in [-0.3, -0.25) is 9.19 Å². The van der Waals surface area contributed by atoms with Crippen LogP contribution in [0.25, 0.3) is 0 Å². The summed E-state index contributed by atoms with van der Waals surface area (Å²) < 4.78 is 26.1. The first-order valence-electron chi connectivity index (χ1n) is 3.24. The molecule has 1 aromatic heterocycles. The van der Waals surface area contributed by atoms with Gasteiger partial charge in [0.2, 0.25) is 0 Å². The zero-order valence-corrected chi connectivity index (χ0v) is 8.55. The number of pyridine rings is 1. The smallest absolute Gasteiger partial charge is 0.768 e. The maximum absolute atomic E-state index is 10.6. The number of methoxy groups -OCH3 is 1. The van der Waals surface area contributed by atoms with E-state index in [1.165, 1.54) is 13.3 Å². The van der Waals surface area contributed by atoms with E-state index in [4.69, 9.17) is 4.74 Å². The van der Waals surface area contributed by atoms with Gasteiger partial charge in [0.25, 0.3) is 0 Å². The summed E-state index contributed by atoms with van der Waals surface area (Å²) in [6.45, 7) is 1.74. The summed E-state index contributed by atoms with van der Waals surface area (Å²) in [6, 6.07) is 0. The number of nitrogens with zero attached hydrogens (tertiary/aromatic N) is 1. The van der Waals surface area contributed by atoms with Crippen molar-refractivity contribution in [1.82, 2.24) is 4.98 Å². The summed E-state index contributed by atoms with van der Waals surface area (Å²) in [5, 5.41) is 0. The van der Waals surface area contributed by atoms with Crippen LogP contribution in [-0.2, 0) is 11.1 Å². The summed E-state index contributed by atoms with van der Waals surface area (Å²) in [6.07, 6.45) is 2.81. The molecule has 1 rings (SSSR count). The maximum atomic E-state index is 10.6. The van der Waals surface area contributed by atoms with Gasteiger partial charge >= 0.3 is 18.9 Å². The molecular formula is C7H8LiNO3S. The van der Waals surface area contributed by atoms with Gasteiger partial charge in [0.15, 0.2) is 0 Å². The van der Waals surface area contributed by atoms with E-state index >= 15 is 0 Å². The number of ether oxygens (including phenoxy) is 1. The molecule has 0 saturated carbocycles. The van der Waals surface area contributed by atoms with E-state index in [2.05, 4.69) is 4.98 Å². The summed E-state index contributed by atoms with van der Waals surface area (Å²) in [7, 11) is 1.43. The Kier molecular flexibility index (Phi) is 5.26. The topological polar surface area (TPSA) is 62.2 Å². The van der Waals surface area contributed by atoms with Gasteiger partial charge in [-0.25, -0.2) is 0 Å². The fourth-order valence-electron chi connectivity index (χ4n) is 0.909. The van der Waals surface area contributed by atoms with Crippen molar-refractivity contribution < 1.29 is 32.4 Å². The average molecular weight is 193 g/mol. The van der Waals surface area contributed by atoms with Crippen molar-refractivity contribution in [3.63, 3.8) is 0 Å². The molecule has 1 aromatic rings.